The van der Waals surface area contributed by atoms with Gasteiger partial charge in [-0.15, -0.1) is 11.7 Å². The predicted molar refractivity (Wildman–Crippen MR) is 149 cm³/mol. The maximum absolute atomic E-state index is 14.6. The van der Waals surface area contributed by atoms with E-state index in [1.54, 1.807) is 15.7 Å². The molecule has 1 spiro atoms. The molecule has 0 saturated carbocycles. The normalized spacial score (nSPS) is 29.6. The molecule has 40 heavy (non-hydrogen) atoms. The average molecular weight is 617 g/mol. The second kappa shape index (κ2) is 11.1. The van der Waals surface area contributed by atoms with Crippen molar-refractivity contribution in [3.05, 3.63) is 49.6 Å². The molecule has 0 aliphatic carbocycles. The van der Waals surface area contributed by atoms with Crippen molar-refractivity contribution in [3.63, 3.8) is 0 Å². The van der Waals surface area contributed by atoms with Crippen LogP contribution in [0.1, 0.15) is 20.3 Å². The third-order valence-corrected chi connectivity index (χ3v) is 9.12. The molecule has 7 atom stereocenters. The molecule has 1 aromatic heterocycles. The summed E-state index contributed by atoms with van der Waals surface area (Å²) in [7, 11) is 0. The monoisotopic (exact) mass is 615 g/mol. The number of alkyl halides is 1. The molecule has 1 aromatic carbocycles. The first-order valence-corrected chi connectivity index (χ1v) is 14.3. The lowest BCUT2D eigenvalue weighted by Gasteiger charge is -2.40. The minimum atomic E-state index is -1.28. The van der Waals surface area contributed by atoms with Crippen molar-refractivity contribution in [1.29, 1.82) is 0 Å². The van der Waals surface area contributed by atoms with Crippen molar-refractivity contribution < 1.29 is 29.0 Å². The fourth-order valence-corrected chi connectivity index (χ4v) is 7.50. The number of hydrogen-bond acceptors (Lipinski definition) is 8. The molecule has 2 aromatic rings. The Labute approximate surface area is 240 Å². The van der Waals surface area contributed by atoms with Gasteiger partial charge in [-0.05, 0) is 24.5 Å². The smallest absolute Gasteiger partial charge is 0.312 e. The number of amides is 2. The molecule has 3 aliphatic heterocycles. The molecule has 2 amide bonds. The first-order valence-electron chi connectivity index (χ1n) is 13.4. The summed E-state index contributed by atoms with van der Waals surface area (Å²) < 4.78 is 13.5. The summed E-state index contributed by atoms with van der Waals surface area (Å²) >= 11 is 3.65. The standard InChI is InChI=1S/C28H34BrN5O6/c1-5-11-32(15-33-19-10-8-7-9-18(19)30-31-33)26(37)24-28-13-17(29)23(40-28)21(27(38)39-12-6-2)22(28)25(36)34(24)20(14-35)16(3)4/h5-10,16-17,20-24,35H,1-2,11-15H2,3-4H3/t17?,20-,21+,22-,23+,24?,28?/m0/s1. The Kier molecular flexibility index (Phi) is 7.86. The third kappa shape index (κ3) is 4.36. The van der Waals surface area contributed by atoms with Gasteiger partial charge in [-0.2, -0.15) is 0 Å². The van der Waals surface area contributed by atoms with E-state index >= 15 is 0 Å². The summed E-state index contributed by atoms with van der Waals surface area (Å²) in [4.78, 5) is 44.8. The first kappa shape index (κ1) is 28.4. The second-order valence-electron chi connectivity index (χ2n) is 10.9. The van der Waals surface area contributed by atoms with Crippen LogP contribution in [-0.2, 0) is 30.5 Å². The highest BCUT2D eigenvalue weighted by molar-refractivity contribution is 9.09. The van der Waals surface area contributed by atoms with Gasteiger partial charge in [-0.3, -0.25) is 14.4 Å². The lowest BCUT2D eigenvalue weighted by molar-refractivity contribution is -0.156. The van der Waals surface area contributed by atoms with E-state index in [0.717, 1.165) is 5.52 Å². The van der Waals surface area contributed by atoms with Gasteiger partial charge in [-0.25, -0.2) is 4.68 Å². The van der Waals surface area contributed by atoms with Crippen LogP contribution < -0.4 is 0 Å². The van der Waals surface area contributed by atoms with Crippen molar-refractivity contribution in [2.24, 2.45) is 17.8 Å². The van der Waals surface area contributed by atoms with Crippen molar-refractivity contribution in [2.75, 3.05) is 19.8 Å². The Balaban J connectivity index is 1.58. The molecule has 4 heterocycles. The molecular formula is C28H34BrN5O6. The molecule has 11 nitrogen and oxygen atoms in total. The molecule has 1 N–H and O–H groups in total. The van der Waals surface area contributed by atoms with Crippen molar-refractivity contribution in [1.82, 2.24) is 24.8 Å². The quantitative estimate of drug-likeness (QED) is 0.231. The molecule has 3 saturated heterocycles. The van der Waals surface area contributed by atoms with Crippen LogP contribution in [0.3, 0.4) is 0 Å². The van der Waals surface area contributed by atoms with E-state index in [1.807, 2.05) is 38.1 Å². The molecule has 5 rings (SSSR count). The topological polar surface area (TPSA) is 127 Å². The lowest BCUT2D eigenvalue weighted by Crippen LogP contribution is -2.60. The van der Waals surface area contributed by atoms with Crippen molar-refractivity contribution >= 4 is 44.7 Å². The SMILES string of the molecule is C=CCOC(=O)[C@H]1[C@@H]2OC3(CC2Br)C(C(=O)N(CC=C)Cn2nnc4ccccc42)N([C@@H](CO)C(C)C)C(=O)[C@H]13. The number of aromatic nitrogens is 3. The summed E-state index contributed by atoms with van der Waals surface area (Å²) in [6, 6.07) is 5.67. The number of nitrogens with zero attached hydrogens (tertiary/aromatic N) is 5. The van der Waals surface area contributed by atoms with Crippen LogP contribution in [-0.4, -0.2) is 96.1 Å². The summed E-state index contributed by atoms with van der Waals surface area (Å²) in [6.45, 7) is 11.1. The minimum absolute atomic E-state index is 0.000771. The number of likely N-dealkylation sites (tertiary alicyclic amines) is 1. The Bertz CT molecular complexity index is 1330. The Morgan fingerprint density at radius 2 is 2.08 bits per heavy atom. The largest absolute Gasteiger partial charge is 0.461 e. The molecule has 3 unspecified atom stereocenters. The van der Waals surface area contributed by atoms with Gasteiger partial charge in [0.25, 0.3) is 0 Å². The number of rotatable bonds is 11. The van der Waals surface area contributed by atoms with Crippen LogP contribution >= 0.6 is 15.9 Å². The van der Waals surface area contributed by atoms with Crippen LogP contribution in [0, 0.1) is 17.8 Å². The van der Waals surface area contributed by atoms with Gasteiger partial charge in [0, 0.05) is 11.4 Å². The van der Waals surface area contributed by atoms with Crippen LogP contribution in [0.4, 0.5) is 0 Å². The number of aliphatic hydroxyl groups excluding tert-OH is 1. The lowest BCUT2D eigenvalue weighted by atomic mass is 9.70. The van der Waals surface area contributed by atoms with E-state index in [1.165, 1.54) is 11.0 Å². The zero-order valence-corrected chi connectivity index (χ0v) is 24.1. The van der Waals surface area contributed by atoms with E-state index < -0.39 is 47.5 Å². The Hall–Kier alpha value is -3.09. The number of para-hydroxylation sites is 1. The number of esters is 1. The maximum Gasteiger partial charge on any atom is 0.312 e. The highest BCUT2D eigenvalue weighted by Crippen LogP contribution is 2.61. The van der Waals surface area contributed by atoms with E-state index in [4.69, 9.17) is 9.47 Å². The number of aliphatic hydroxyl groups is 1. The summed E-state index contributed by atoms with van der Waals surface area (Å²) in [5, 5.41) is 18.8. The van der Waals surface area contributed by atoms with Gasteiger partial charge in [-0.1, -0.05) is 65.9 Å². The zero-order chi connectivity index (χ0) is 28.8. The van der Waals surface area contributed by atoms with E-state index in [-0.39, 0.29) is 43.1 Å². The van der Waals surface area contributed by atoms with Crippen LogP contribution in [0.15, 0.2) is 49.6 Å². The Morgan fingerprint density at radius 3 is 2.75 bits per heavy atom. The van der Waals surface area contributed by atoms with Crippen molar-refractivity contribution in [3.8, 4) is 0 Å². The number of fused-ring (bicyclic) bond motifs is 2. The number of benzene rings is 1. The zero-order valence-electron chi connectivity index (χ0n) is 22.6. The Morgan fingerprint density at radius 1 is 1.32 bits per heavy atom. The number of halogens is 1. The number of carbonyl (C=O) groups is 3. The van der Waals surface area contributed by atoms with Gasteiger partial charge in [0.1, 0.15) is 30.4 Å². The van der Waals surface area contributed by atoms with Gasteiger partial charge in [0.05, 0.1) is 36.1 Å². The molecule has 3 fully saturated rings. The molecule has 214 valence electrons. The molecule has 12 heteroatoms. The average Bonchev–Trinajstić information content (AvgIpc) is 3.65. The van der Waals surface area contributed by atoms with Gasteiger partial charge in [0.15, 0.2) is 0 Å². The molecule has 2 bridgehead atoms. The number of hydrogen-bond donors (Lipinski definition) is 1. The second-order valence-corrected chi connectivity index (χ2v) is 12.1. The van der Waals surface area contributed by atoms with Crippen LogP contribution in [0.5, 0.6) is 0 Å². The van der Waals surface area contributed by atoms with E-state index in [0.29, 0.717) is 11.9 Å². The summed E-state index contributed by atoms with van der Waals surface area (Å²) in [5.74, 6) is -3.33. The minimum Gasteiger partial charge on any atom is -0.461 e. The molecular weight excluding hydrogens is 582 g/mol. The van der Waals surface area contributed by atoms with E-state index in [2.05, 4.69) is 39.4 Å². The fourth-order valence-electron chi connectivity index (χ4n) is 6.56. The summed E-state index contributed by atoms with van der Waals surface area (Å²) in [6.07, 6.45) is 2.78. The van der Waals surface area contributed by atoms with Gasteiger partial charge in [0.2, 0.25) is 11.8 Å². The van der Waals surface area contributed by atoms with Crippen LogP contribution in [0.25, 0.3) is 11.0 Å². The highest BCUT2D eigenvalue weighted by atomic mass is 79.9. The fraction of sp³-hybridized carbons (Fsp3) is 0.536. The predicted octanol–water partition coefficient (Wildman–Crippen LogP) is 1.90. The molecule has 0 radical (unpaired) electrons. The summed E-state index contributed by atoms with van der Waals surface area (Å²) in [5.41, 5.74) is 0.154. The van der Waals surface area contributed by atoms with Gasteiger partial charge < -0.3 is 24.4 Å². The first-order chi connectivity index (χ1) is 19.2. The number of carbonyl (C=O) groups excluding carboxylic acids is 3. The maximum atomic E-state index is 14.6. The number of ether oxygens (including phenoxy) is 2. The van der Waals surface area contributed by atoms with Crippen molar-refractivity contribution in [2.45, 2.75) is 55.6 Å². The van der Waals surface area contributed by atoms with E-state index in [9.17, 15) is 19.5 Å². The van der Waals surface area contributed by atoms with Crippen LogP contribution in [0.2, 0.25) is 0 Å². The third-order valence-electron chi connectivity index (χ3n) is 8.28. The van der Waals surface area contributed by atoms with Gasteiger partial charge >= 0.3 is 5.97 Å². The molecule has 3 aliphatic rings. The highest BCUT2D eigenvalue weighted by Gasteiger charge is 2.77.